The highest BCUT2D eigenvalue weighted by atomic mass is 32.2. The first kappa shape index (κ1) is 11.6. The molecule has 2 aromatic rings. The smallest absolute Gasteiger partial charge is 0.137 e. The average Bonchev–Trinajstić information content (AvgIpc) is 2.89. The fourth-order valence-corrected chi connectivity index (χ4v) is 3.48. The maximum atomic E-state index is 5.82. The molecular formula is C13H16N4S. The van der Waals surface area contributed by atoms with Gasteiger partial charge in [-0.2, -0.15) is 11.8 Å². The van der Waals surface area contributed by atoms with Crippen LogP contribution in [0.5, 0.6) is 0 Å². The van der Waals surface area contributed by atoms with Gasteiger partial charge in [0.25, 0.3) is 0 Å². The first-order valence-corrected chi connectivity index (χ1v) is 7.30. The molecule has 1 unspecified atom stereocenters. The van der Waals surface area contributed by atoms with E-state index in [2.05, 4.69) is 15.3 Å². The molecule has 0 saturated carbocycles. The number of hydrogen-bond acceptors (Lipinski definition) is 5. The summed E-state index contributed by atoms with van der Waals surface area (Å²) in [6, 6.07) is 5.73. The third-order valence-corrected chi connectivity index (χ3v) is 4.47. The van der Waals surface area contributed by atoms with Gasteiger partial charge in [0, 0.05) is 17.6 Å². The quantitative estimate of drug-likeness (QED) is 0.830. The van der Waals surface area contributed by atoms with Crippen molar-refractivity contribution in [3.05, 3.63) is 24.5 Å². The summed E-state index contributed by atoms with van der Waals surface area (Å²) in [5.41, 5.74) is 7.50. The number of anilines is 2. The first-order chi connectivity index (χ1) is 8.83. The lowest BCUT2D eigenvalue weighted by Gasteiger charge is -2.12. The van der Waals surface area contributed by atoms with E-state index >= 15 is 0 Å². The van der Waals surface area contributed by atoms with Gasteiger partial charge in [-0.3, -0.25) is 0 Å². The molecule has 0 amide bonds. The standard InChI is InChI=1S/C13H16N4S/c14-10-1-2-12-11(5-10)13(17-8-16-12)15-6-9-3-4-18-7-9/h1-2,5,8-9H,3-4,6-7,14H2,(H,15,16,17). The molecular weight excluding hydrogens is 244 g/mol. The second-order valence-electron chi connectivity index (χ2n) is 4.61. The van der Waals surface area contributed by atoms with Gasteiger partial charge in [-0.05, 0) is 42.0 Å². The predicted octanol–water partition coefficient (Wildman–Crippen LogP) is 2.38. The van der Waals surface area contributed by atoms with Crippen molar-refractivity contribution in [3.8, 4) is 0 Å². The normalized spacial score (nSPS) is 19.2. The van der Waals surface area contributed by atoms with Gasteiger partial charge < -0.3 is 11.1 Å². The van der Waals surface area contributed by atoms with Crippen molar-refractivity contribution in [2.75, 3.05) is 29.1 Å². The van der Waals surface area contributed by atoms with Crippen molar-refractivity contribution < 1.29 is 0 Å². The van der Waals surface area contributed by atoms with E-state index in [9.17, 15) is 0 Å². The molecule has 3 N–H and O–H groups in total. The Labute approximate surface area is 110 Å². The monoisotopic (exact) mass is 260 g/mol. The summed E-state index contributed by atoms with van der Waals surface area (Å²) in [6.07, 6.45) is 2.90. The number of nitrogens with one attached hydrogen (secondary N) is 1. The Bertz CT molecular complexity index is 552. The molecule has 0 spiro atoms. The number of hydrogen-bond donors (Lipinski definition) is 2. The molecule has 0 aliphatic carbocycles. The van der Waals surface area contributed by atoms with Gasteiger partial charge in [-0.15, -0.1) is 0 Å². The highest BCUT2D eigenvalue weighted by molar-refractivity contribution is 7.99. The molecule has 1 aromatic carbocycles. The van der Waals surface area contributed by atoms with E-state index in [4.69, 9.17) is 5.73 Å². The maximum absolute atomic E-state index is 5.82. The van der Waals surface area contributed by atoms with Gasteiger partial charge in [-0.1, -0.05) is 0 Å². The van der Waals surface area contributed by atoms with Gasteiger partial charge in [0.2, 0.25) is 0 Å². The largest absolute Gasteiger partial charge is 0.399 e. The van der Waals surface area contributed by atoms with E-state index in [1.807, 2.05) is 30.0 Å². The van der Waals surface area contributed by atoms with E-state index < -0.39 is 0 Å². The van der Waals surface area contributed by atoms with Crippen LogP contribution in [0.3, 0.4) is 0 Å². The third-order valence-electron chi connectivity index (χ3n) is 3.24. The topological polar surface area (TPSA) is 63.8 Å². The molecule has 1 fully saturated rings. The summed E-state index contributed by atoms with van der Waals surface area (Å²) < 4.78 is 0. The van der Waals surface area contributed by atoms with Crippen LogP contribution in [-0.4, -0.2) is 28.0 Å². The molecule has 1 aromatic heterocycles. The summed E-state index contributed by atoms with van der Waals surface area (Å²) in [5.74, 6) is 4.17. The molecule has 94 valence electrons. The van der Waals surface area contributed by atoms with Gasteiger partial charge in [0.15, 0.2) is 0 Å². The number of thioether (sulfide) groups is 1. The molecule has 1 aliphatic rings. The van der Waals surface area contributed by atoms with Crippen LogP contribution < -0.4 is 11.1 Å². The number of benzene rings is 1. The van der Waals surface area contributed by atoms with Crippen LogP contribution in [0.15, 0.2) is 24.5 Å². The first-order valence-electron chi connectivity index (χ1n) is 6.15. The molecule has 3 rings (SSSR count). The van der Waals surface area contributed by atoms with Crippen molar-refractivity contribution in [2.45, 2.75) is 6.42 Å². The molecule has 2 heterocycles. The van der Waals surface area contributed by atoms with Crippen molar-refractivity contribution in [2.24, 2.45) is 5.92 Å². The second-order valence-corrected chi connectivity index (χ2v) is 5.76. The molecule has 4 nitrogen and oxygen atoms in total. The number of nitrogens with zero attached hydrogens (tertiary/aromatic N) is 2. The number of aromatic nitrogens is 2. The fraction of sp³-hybridized carbons (Fsp3) is 0.385. The van der Waals surface area contributed by atoms with Crippen molar-refractivity contribution >= 4 is 34.2 Å². The number of rotatable bonds is 3. The van der Waals surface area contributed by atoms with Crippen LogP contribution in [-0.2, 0) is 0 Å². The summed E-state index contributed by atoms with van der Waals surface area (Å²) >= 11 is 2.03. The van der Waals surface area contributed by atoms with Crippen LogP contribution in [0, 0.1) is 5.92 Å². The minimum absolute atomic E-state index is 0.747. The fourth-order valence-electron chi connectivity index (χ4n) is 2.20. The van der Waals surface area contributed by atoms with Crippen molar-refractivity contribution in [1.82, 2.24) is 9.97 Å². The lowest BCUT2D eigenvalue weighted by Crippen LogP contribution is -2.14. The Morgan fingerprint density at radius 2 is 2.33 bits per heavy atom. The van der Waals surface area contributed by atoms with Crippen LogP contribution in [0.25, 0.3) is 10.9 Å². The van der Waals surface area contributed by atoms with E-state index in [1.165, 1.54) is 17.9 Å². The summed E-state index contributed by atoms with van der Waals surface area (Å²) in [6.45, 7) is 0.980. The van der Waals surface area contributed by atoms with E-state index in [1.54, 1.807) is 6.33 Å². The molecule has 1 aliphatic heterocycles. The molecule has 1 atom stereocenters. The van der Waals surface area contributed by atoms with Gasteiger partial charge >= 0.3 is 0 Å². The van der Waals surface area contributed by atoms with Gasteiger partial charge in [0.05, 0.1) is 5.52 Å². The van der Waals surface area contributed by atoms with Crippen LogP contribution in [0.2, 0.25) is 0 Å². The summed E-state index contributed by atoms with van der Waals surface area (Å²) in [5, 5.41) is 4.44. The van der Waals surface area contributed by atoms with E-state index in [0.29, 0.717) is 0 Å². The Morgan fingerprint density at radius 3 is 3.17 bits per heavy atom. The lowest BCUT2D eigenvalue weighted by atomic mass is 10.1. The number of nitrogen functional groups attached to an aromatic ring is 1. The Kier molecular flexibility index (Phi) is 3.23. The molecule has 0 bridgehead atoms. The summed E-state index contributed by atoms with van der Waals surface area (Å²) in [4.78, 5) is 8.58. The van der Waals surface area contributed by atoms with Crippen LogP contribution in [0.1, 0.15) is 6.42 Å². The minimum atomic E-state index is 0.747. The molecule has 0 radical (unpaired) electrons. The number of nitrogens with two attached hydrogens (primary N) is 1. The van der Waals surface area contributed by atoms with Gasteiger partial charge in [-0.25, -0.2) is 9.97 Å². The third kappa shape index (κ3) is 2.36. The zero-order valence-electron chi connectivity index (χ0n) is 10.1. The minimum Gasteiger partial charge on any atom is -0.399 e. The highest BCUT2D eigenvalue weighted by Crippen LogP contribution is 2.25. The van der Waals surface area contributed by atoms with Crippen molar-refractivity contribution in [3.63, 3.8) is 0 Å². The second kappa shape index (κ2) is 5.02. The number of fused-ring (bicyclic) bond motifs is 1. The average molecular weight is 260 g/mol. The highest BCUT2D eigenvalue weighted by Gasteiger charge is 2.15. The Balaban J connectivity index is 1.84. The van der Waals surface area contributed by atoms with Gasteiger partial charge in [0.1, 0.15) is 12.1 Å². The predicted molar refractivity (Wildman–Crippen MR) is 77.9 cm³/mol. The van der Waals surface area contributed by atoms with Crippen molar-refractivity contribution in [1.29, 1.82) is 0 Å². The Hall–Kier alpha value is -1.49. The van der Waals surface area contributed by atoms with E-state index in [-0.39, 0.29) is 0 Å². The molecule has 1 saturated heterocycles. The lowest BCUT2D eigenvalue weighted by molar-refractivity contribution is 0.631. The molecule has 5 heteroatoms. The maximum Gasteiger partial charge on any atom is 0.137 e. The Morgan fingerprint density at radius 1 is 1.39 bits per heavy atom. The van der Waals surface area contributed by atoms with Crippen LogP contribution >= 0.6 is 11.8 Å². The SMILES string of the molecule is Nc1ccc2ncnc(NCC3CCSC3)c2c1. The zero-order chi connectivity index (χ0) is 12.4. The van der Waals surface area contributed by atoms with E-state index in [0.717, 1.165) is 34.9 Å². The van der Waals surface area contributed by atoms with Crippen LogP contribution in [0.4, 0.5) is 11.5 Å². The zero-order valence-corrected chi connectivity index (χ0v) is 10.9. The summed E-state index contributed by atoms with van der Waals surface area (Å²) in [7, 11) is 0. The molecule has 18 heavy (non-hydrogen) atoms.